The molecule has 1 amide bonds. The van der Waals surface area contributed by atoms with Crippen LogP contribution in [0.3, 0.4) is 0 Å². The number of hydrogen-bond donors (Lipinski definition) is 1. The molecule has 6 aromatic rings. The van der Waals surface area contributed by atoms with Gasteiger partial charge in [-0.05, 0) is 67.6 Å². The Morgan fingerprint density at radius 1 is 0.977 bits per heavy atom. The van der Waals surface area contributed by atoms with Gasteiger partial charge in [-0.15, -0.1) is 0 Å². The van der Waals surface area contributed by atoms with Gasteiger partial charge in [0.25, 0.3) is 0 Å². The molecule has 0 atom stereocenters. The molecule has 216 valence electrons. The fourth-order valence-electron chi connectivity index (χ4n) is 5.78. The molecule has 4 heterocycles. The number of ether oxygens (including phenoxy) is 1. The number of hydrogen-bond acceptors (Lipinski definition) is 6. The van der Waals surface area contributed by atoms with Gasteiger partial charge in [0.1, 0.15) is 17.4 Å². The number of carbonyl (C=O) groups is 1. The maximum Gasteiger partial charge on any atom is 0.410 e. The van der Waals surface area contributed by atoms with Crippen molar-refractivity contribution in [3.63, 3.8) is 0 Å². The van der Waals surface area contributed by atoms with E-state index >= 15 is 0 Å². The largest absolute Gasteiger partial charge is 0.444 e. The topological polar surface area (TPSA) is 104 Å². The lowest BCUT2D eigenvalue weighted by Gasteiger charge is -2.31. The van der Waals surface area contributed by atoms with Crippen molar-refractivity contribution in [2.45, 2.75) is 45.9 Å². The summed E-state index contributed by atoms with van der Waals surface area (Å²) in [7, 11) is 0. The first-order valence-corrected chi connectivity index (χ1v) is 14.5. The molecule has 3 aromatic carbocycles. The summed E-state index contributed by atoms with van der Waals surface area (Å²) in [5, 5.41) is 10.5. The van der Waals surface area contributed by atoms with E-state index in [1.54, 1.807) is 4.90 Å². The predicted octanol–water partition coefficient (Wildman–Crippen LogP) is 6.34. The number of nitrogens with two attached hydrogens (primary N) is 1. The van der Waals surface area contributed by atoms with Crippen LogP contribution in [0.15, 0.2) is 85.3 Å². The lowest BCUT2D eigenvalue weighted by Crippen LogP contribution is -2.39. The fourth-order valence-corrected chi connectivity index (χ4v) is 5.78. The number of anilines is 1. The molecule has 0 saturated heterocycles. The van der Waals surface area contributed by atoms with Gasteiger partial charge < -0.3 is 15.4 Å². The Morgan fingerprint density at radius 2 is 1.79 bits per heavy atom. The summed E-state index contributed by atoms with van der Waals surface area (Å²) < 4.78 is 9.46. The Hall–Kier alpha value is -5.18. The molecule has 0 aliphatic carbocycles. The van der Waals surface area contributed by atoms with Gasteiger partial charge in [0.2, 0.25) is 0 Å². The zero-order chi connectivity index (χ0) is 29.7. The summed E-state index contributed by atoms with van der Waals surface area (Å²) in [6.07, 6.45) is 4.04. The lowest BCUT2D eigenvalue weighted by molar-refractivity contribution is 0.0224. The molecule has 9 nitrogen and oxygen atoms in total. The predicted molar refractivity (Wildman–Crippen MR) is 167 cm³/mol. The zero-order valence-electron chi connectivity index (χ0n) is 24.5. The maximum absolute atomic E-state index is 12.8. The van der Waals surface area contributed by atoms with E-state index in [2.05, 4.69) is 70.9 Å². The number of nitrogens with zero attached hydrogens (tertiary/aromatic N) is 6. The molecule has 43 heavy (non-hydrogen) atoms. The maximum atomic E-state index is 12.8. The Labute approximate surface area is 249 Å². The number of carbonyl (C=O) groups excluding carboxylic acids is 1. The molecule has 1 aliphatic heterocycles. The van der Waals surface area contributed by atoms with E-state index in [1.165, 1.54) is 17.5 Å². The zero-order valence-corrected chi connectivity index (χ0v) is 24.5. The Kier molecular flexibility index (Phi) is 6.38. The monoisotopic (exact) mass is 571 g/mol. The molecule has 0 spiro atoms. The Morgan fingerprint density at radius 3 is 2.60 bits per heavy atom. The highest BCUT2D eigenvalue weighted by molar-refractivity contribution is 5.95. The number of nitrogen functional groups attached to an aromatic ring is 1. The van der Waals surface area contributed by atoms with Gasteiger partial charge in [0, 0.05) is 35.8 Å². The van der Waals surface area contributed by atoms with E-state index in [1.807, 2.05) is 48.2 Å². The van der Waals surface area contributed by atoms with Crippen LogP contribution in [0.5, 0.6) is 0 Å². The van der Waals surface area contributed by atoms with Crippen LogP contribution in [0.2, 0.25) is 0 Å². The summed E-state index contributed by atoms with van der Waals surface area (Å²) in [5.74, 6) is 0.403. The van der Waals surface area contributed by atoms with E-state index in [-0.39, 0.29) is 6.09 Å². The summed E-state index contributed by atoms with van der Waals surface area (Å²) in [6, 6.07) is 25.1. The Balaban J connectivity index is 1.25. The average molecular weight is 572 g/mol. The van der Waals surface area contributed by atoms with E-state index in [0.717, 1.165) is 50.8 Å². The number of aromatic nitrogens is 5. The molecule has 0 fully saturated rings. The molecular formula is C34H33N7O2. The highest BCUT2D eigenvalue weighted by Gasteiger charge is 2.26. The number of fused-ring (bicyclic) bond motifs is 3. The minimum Gasteiger partial charge on any atom is -0.444 e. The van der Waals surface area contributed by atoms with Crippen LogP contribution >= 0.6 is 0 Å². The third-order valence-electron chi connectivity index (χ3n) is 7.80. The van der Waals surface area contributed by atoms with Crippen molar-refractivity contribution in [2.75, 3.05) is 12.3 Å². The second kappa shape index (κ2) is 10.3. The second-order valence-corrected chi connectivity index (χ2v) is 12.1. The van der Waals surface area contributed by atoms with E-state index < -0.39 is 5.60 Å². The first kappa shape index (κ1) is 26.7. The molecule has 0 radical (unpaired) electrons. The molecule has 9 heteroatoms. The van der Waals surface area contributed by atoms with Crippen molar-refractivity contribution in [3.8, 4) is 22.4 Å². The highest BCUT2D eigenvalue weighted by Crippen LogP contribution is 2.37. The average Bonchev–Trinajstić information content (AvgIpc) is 3.58. The smallest absolute Gasteiger partial charge is 0.410 e. The summed E-state index contributed by atoms with van der Waals surface area (Å²) >= 11 is 0. The molecule has 0 unspecified atom stereocenters. The van der Waals surface area contributed by atoms with Crippen molar-refractivity contribution in [1.82, 2.24) is 29.3 Å². The first-order valence-electron chi connectivity index (χ1n) is 14.5. The molecule has 7 rings (SSSR count). The molecule has 1 aliphatic rings. The first-order chi connectivity index (χ1) is 20.7. The number of amides is 1. The van der Waals surface area contributed by atoms with Crippen LogP contribution in [-0.4, -0.2) is 47.5 Å². The fraction of sp³-hybridized carbons (Fsp3) is 0.235. The van der Waals surface area contributed by atoms with Crippen molar-refractivity contribution in [3.05, 3.63) is 102 Å². The van der Waals surface area contributed by atoms with E-state index in [4.69, 9.17) is 15.6 Å². The molecule has 0 saturated carbocycles. The second-order valence-electron chi connectivity index (χ2n) is 12.1. The van der Waals surface area contributed by atoms with Gasteiger partial charge in [-0.2, -0.15) is 10.2 Å². The third-order valence-corrected chi connectivity index (χ3v) is 7.80. The Bertz CT molecular complexity index is 1990. The quantitative estimate of drug-likeness (QED) is 0.265. The number of benzene rings is 3. The van der Waals surface area contributed by atoms with Gasteiger partial charge in [-0.25, -0.2) is 14.3 Å². The van der Waals surface area contributed by atoms with Gasteiger partial charge >= 0.3 is 6.09 Å². The van der Waals surface area contributed by atoms with Gasteiger partial charge in [0.15, 0.2) is 5.82 Å². The molecule has 2 N–H and O–H groups in total. The SMILES string of the molecule is CC(C)(C)OC(=O)N1CCc2ccc(-c3cc(-c4ccc5cn(Cc6ccccc6)nc5c4)c4c(N)ncnn34)cc2C1. The van der Waals surface area contributed by atoms with Crippen LogP contribution in [0.4, 0.5) is 10.6 Å². The third kappa shape index (κ3) is 5.18. The van der Waals surface area contributed by atoms with Crippen LogP contribution in [-0.2, 0) is 24.2 Å². The van der Waals surface area contributed by atoms with Crippen LogP contribution in [0, 0.1) is 0 Å². The van der Waals surface area contributed by atoms with Crippen LogP contribution in [0.1, 0.15) is 37.5 Å². The van der Waals surface area contributed by atoms with Crippen molar-refractivity contribution >= 4 is 28.3 Å². The summed E-state index contributed by atoms with van der Waals surface area (Å²) in [6.45, 7) is 7.49. The van der Waals surface area contributed by atoms with E-state index in [0.29, 0.717) is 25.5 Å². The summed E-state index contributed by atoms with van der Waals surface area (Å²) in [4.78, 5) is 18.9. The standard InChI is InChI=1S/C34H33N7O2/c1-34(2,3)43-33(42)39-14-13-23-9-11-25(15-27(23)19-39)30-17-28(31-32(35)36-21-37-41(30)31)24-10-12-26-20-40(38-29(26)16-24)18-22-7-5-4-6-8-22/h4-12,15-17,20-21H,13-14,18-19H2,1-3H3,(H2,35,36,37). The van der Waals surface area contributed by atoms with Gasteiger partial charge in [-0.3, -0.25) is 4.68 Å². The van der Waals surface area contributed by atoms with E-state index in [9.17, 15) is 4.79 Å². The molecule has 3 aromatic heterocycles. The van der Waals surface area contributed by atoms with Crippen LogP contribution in [0.25, 0.3) is 38.8 Å². The normalized spacial score (nSPS) is 13.4. The molecular weight excluding hydrogens is 538 g/mol. The van der Waals surface area contributed by atoms with Gasteiger partial charge in [0.05, 0.1) is 17.8 Å². The lowest BCUT2D eigenvalue weighted by atomic mass is 9.96. The van der Waals surface area contributed by atoms with Crippen molar-refractivity contribution < 1.29 is 9.53 Å². The van der Waals surface area contributed by atoms with Crippen LogP contribution < -0.4 is 5.73 Å². The summed E-state index contributed by atoms with van der Waals surface area (Å²) in [5.41, 5.74) is 14.9. The highest BCUT2D eigenvalue weighted by atomic mass is 16.6. The number of rotatable bonds is 4. The van der Waals surface area contributed by atoms with Crippen molar-refractivity contribution in [2.24, 2.45) is 0 Å². The van der Waals surface area contributed by atoms with Gasteiger partial charge in [-0.1, -0.05) is 54.6 Å². The minimum atomic E-state index is -0.539. The molecule has 0 bridgehead atoms. The van der Waals surface area contributed by atoms with Crippen molar-refractivity contribution in [1.29, 1.82) is 0 Å². The minimum absolute atomic E-state index is 0.291.